The first kappa shape index (κ1) is 16.7. The number of fused-ring (bicyclic) bond motifs is 3. The molecule has 2 heterocycles. The first-order valence-electron chi connectivity index (χ1n) is 8.35. The average molecular weight is 363 g/mol. The summed E-state index contributed by atoms with van der Waals surface area (Å²) in [6, 6.07) is 5.84. The largest absolute Gasteiger partial charge is 0.573 e. The fraction of sp³-hybridized carbons (Fsp3) is 0.333. The lowest BCUT2D eigenvalue weighted by Gasteiger charge is -2.14. The number of ether oxygens (including phenoxy) is 1. The van der Waals surface area contributed by atoms with Crippen molar-refractivity contribution in [1.29, 1.82) is 0 Å². The second kappa shape index (κ2) is 6.19. The molecule has 0 atom stereocenters. The van der Waals surface area contributed by atoms with E-state index in [1.165, 1.54) is 29.0 Å². The van der Waals surface area contributed by atoms with Gasteiger partial charge in [0.1, 0.15) is 11.3 Å². The lowest BCUT2D eigenvalue weighted by molar-refractivity contribution is -0.274. The molecule has 136 valence electrons. The van der Waals surface area contributed by atoms with Crippen molar-refractivity contribution in [1.82, 2.24) is 14.2 Å². The lowest BCUT2D eigenvalue weighted by Crippen LogP contribution is -2.24. The van der Waals surface area contributed by atoms with Crippen molar-refractivity contribution >= 4 is 5.52 Å². The van der Waals surface area contributed by atoms with E-state index in [1.54, 1.807) is 16.8 Å². The maximum Gasteiger partial charge on any atom is 0.573 e. The number of halogens is 3. The monoisotopic (exact) mass is 363 g/mol. The van der Waals surface area contributed by atoms with Crippen molar-refractivity contribution < 1.29 is 17.9 Å². The van der Waals surface area contributed by atoms with Gasteiger partial charge in [0.25, 0.3) is 5.56 Å². The SMILES string of the molecule is O=c1c2c3c(nn2ccn1Cc1ccccc1OC(F)(F)F)CCCC3. The molecule has 0 radical (unpaired) electrons. The number of hydrogen-bond donors (Lipinski definition) is 0. The fourth-order valence-corrected chi connectivity index (χ4v) is 3.42. The zero-order valence-electron chi connectivity index (χ0n) is 13.8. The van der Waals surface area contributed by atoms with Gasteiger partial charge in [0.05, 0.1) is 12.2 Å². The summed E-state index contributed by atoms with van der Waals surface area (Å²) in [4.78, 5) is 12.9. The van der Waals surface area contributed by atoms with Crippen molar-refractivity contribution in [3.63, 3.8) is 0 Å². The van der Waals surface area contributed by atoms with E-state index in [-0.39, 0.29) is 23.4 Å². The Morgan fingerprint density at radius 3 is 2.69 bits per heavy atom. The van der Waals surface area contributed by atoms with Gasteiger partial charge in [-0.25, -0.2) is 4.52 Å². The van der Waals surface area contributed by atoms with Crippen LogP contribution in [0.5, 0.6) is 5.75 Å². The van der Waals surface area contributed by atoms with E-state index in [0.29, 0.717) is 5.52 Å². The highest BCUT2D eigenvalue weighted by molar-refractivity contribution is 5.56. The lowest BCUT2D eigenvalue weighted by atomic mass is 9.97. The van der Waals surface area contributed by atoms with Gasteiger partial charge < -0.3 is 9.30 Å². The van der Waals surface area contributed by atoms with Crippen molar-refractivity contribution in [3.05, 3.63) is 63.8 Å². The molecule has 0 saturated carbocycles. The zero-order valence-corrected chi connectivity index (χ0v) is 13.8. The van der Waals surface area contributed by atoms with Crippen LogP contribution in [0, 0.1) is 0 Å². The van der Waals surface area contributed by atoms with Crippen LogP contribution >= 0.6 is 0 Å². The van der Waals surface area contributed by atoms with Crippen molar-refractivity contribution in [3.8, 4) is 5.75 Å². The molecule has 1 aromatic carbocycles. The average Bonchev–Trinajstić information content (AvgIpc) is 2.97. The molecule has 8 heteroatoms. The molecule has 0 saturated heterocycles. The molecular formula is C18H16F3N3O2. The normalized spacial score (nSPS) is 14.4. The van der Waals surface area contributed by atoms with E-state index in [2.05, 4.69) is 9.84 Å². The summed E-state index contributed by atoms with van der Waals surface area (Å²) in [5, 5.41) is 4.46. The molecule has 0 spiro atoms. The second-order valence-corrected chi connectivity index (χ2v) is 6.31. The summed E-state index contributed by atoms with van der Waals surface area (Å²) in [6.45, 7) is -0.0124. The number of benzene rings is 1. The molecule has 0 aliphatic heterocycles. The Labute approximate surface area is 146 Å². The van der Waals surface area contributed by atoms with Gasteiger partial charge in [0.2, 0.25) is 0 Å². The molecule has 1 aliphatic rings. The summed E-state index contributed by atoms with van der Waals surface area (Å²) in [7, 11) is 0. The Hall–Kier alpha value is -2.77. The summed E-state index contributed by atoms with van der Waals surface area (Å²) in [6.07, 6.45) is 2.12. The van der Waals surface area contributed by atoms with Crippen LogP contribution in [0.4, 0.5) is 13.2 Å². The van der Waals surface area contributed by atoms with E-state index >= 15 is 0 Å². The maximum absolute atomic E-state index is 12.9. The van der Waals surface area contributed by atoms with Crippen LogP contribution in [-0.4, -0.2) is 20.5 Å². The van der Waals surface area contributed by atoms with Crippen LogP contribution in [0.15, 0.2) is 41.5 Å². The van der Waals surface area contributed by atoms with Crippen LogP contribution in [-0.2, 0) is 19.4 Å². The highest BCUT2D eigenvalue weighted by Gasteiger charge is 2.32. The minimum absolute atomic E-state index is 0.0124. The van der Waals surface area contributed by atoms with Gasteiger partial charge in [0.15, 0.2) is 0 Å². The van der Waals surface area contributed by atoms with Crippen LogP contribution < -0.4 is 10.3 Å². The van der Waals surface area contributed by atoms with E-state index in [4.69, 9.17) is 0 Å². The number of nitrogens with zero attached hydrogens (tertiary/aromatic N) is 3. The minimum Gasteiger partial charge on any atom is -0.405 e. The topological polar surface area (TPSA) is 48.5 Å². The highest BCUT2D eigenvalue weighted by atomic mass is 19.4. The van der Waals surface area contributed by atoms with Crippen LogP contribution in [0.3, 0.4) is 0 Å². The van der Waals surface area contributed by atoms with Gasteiger partial charge in [-0.05, 0) is 31.7 Å². The van der Waals surface area contributed by atoms with Crippen LogP contribution in [0.1, 0.15) is 29.7 Å². The fourth-order valence-electron chi connectivity index (χ4n) is 3.42. The first-order chi connectivity index (χ1) is 12.4. The maximum atomic E-state index is 12.9. The molecule has 0 fully saturated rings. The Kier molecular flexibility index (Phi) is 3.97. The smallest absolute Gasteiger partial charge is 0.405 e. The molecule has 4 rings (SSSR count). The molecule has 3 aromatic rings. The summed E-state index contributed by atoms with van der Waals surface area (Å²) in [5.74, 6) is -0.303. The Bertz CT molecular complexity index is 1020. The van der Waals surface area contributed by atoms with Crippen molar-refractivity contribution in [2.24, 2.45) is 0 Å². The minimum atomic E-state index is -4.78. The first-order valence-corrected chi connectivity index (χ1v) is 8.35. The Morgan fingerprint density at radius 1 is 1.12 bits per heavy atom. The number of alkyl halides is 3. The van der Waals surface area contributed by atoms with Gasteiger partial charge in [0, 0.05) is 23.5 Å². The molecule has 1 aliphatic carbocycles. The van der Waals surface area contributed by atoms with E-state index in [0.717, 1.165) is 36.9 Å². The number of rotatable bonds is 3. The predicted molar refractivity (Wildman–Crippen MR) is 88.3 cm³/mol. The van der Waals surface area contributed by atoms with Crippen molar-refractivity contribution in [2.75, 3.05) is 0 Å². The third kappa shape index (κ3) is 3.07. The quantitative estimate of drug-likeness (QED) is 0.717. The van der Waals surface area contributed by atoms with Gasteiger partial charge in [-0.3, -0.25) is 4.79 Å². The Balaban J connectivity index is 1.75. The molecule has 2 aromatic heterocycles. The molecule has 0 amide bonds. The van der Waals surface area contributed by atoms with Crippen LogP contribution in [0.2, 0.25) is 0 Å². The zero-order chi connectivity index (χ0) is 18.3. The number of hydrogen-bond acceptors (Lipinski definition) is 3. The molecular weight excluding hydrogens is 347 g/mol. The standard InChI is InChI=1S/C18H16F3N3O2/c19-18(20,21)26-15-8-4-1-5-12(15)11-23-9-10-24-16(17(23)25)13-6-2-3-7-14(13)22-24/h1,4-5,8-10H,2-3,6-7,11H2. The highest BCUT2D eigenvalue weighted by Crippen LogP contribution is 2.27. The van der Waals surface area contributed by atoms with Crippen molar-refractivity contribution in [2.45, 2.75) is 38.6 Å². The van der Waals surface area contributed by atoms with Gasteiger partial charge in [-0.15, -0.1) is 13.2 Å². The van der Waals surface area contributed by atoms with Gasteiger partial charge in [-0.1, -0.05) is 18.2 Å². The summed E-state index contributed by atoms with van der Waals surface area (Å²) >= 11 is 0. The Morgan fingerprint density at radius 2 is 1.88 bits per heavy atom. The molecule has 0 bridgehead atoms. The summed E-state index contributed by atoms with van der Waals surface area (Å²) < 4.78 is 44.8. The molecule has 0 unspecified atom stereocenters. The third-order valence-corrected chi connectivity index (χ3v) is 4.57. The molecule has 26 heavy (non-hydrogen) atoms. The summed E-state index contributed by atoms with van der Waals surface area (Å²) in [5.41, 5.74) is 2.42. The number of para-hydroxylation sites is 1. The molecule has 0 N–H and O–H groups in total. The van der Waals surface area contributed by atoms with Gasteiger partial charge in [-0.2, -0.15) is 5.10 Å². The van der Waals surface area contributed by atoms with E-state index < -0.39 is 6.36 Å². The molecule has 5 nitrogen and oxygen atoms in total. The third-order valence-electron chi connectivity index (χ3n) is 4.57. The number of aromatic nitrogens is 3. The predicted octanol–water partition coefficient (Wildman–Crippen LogP) is 3.32. The van der Waals surface area contributed by atoms with E-state index in [1.807, 2.05) is 0 Å². The van der Waals surface area contributed by atoms with E-state index in [9.17, 15) is 18.0 Å². The van der Waals surface area contributed by atoms with Crippen LogP contribution in [0.25, 0.3) is 5.52 Å². The van der Waals surface area contributed by atoms with Gasteiger partial charge >= 0.3 is 6.36 Å². The second-order valence-electron chi connectivity index (χ2n) is 6.31. The number of aryl methyl sites for hydroxylation is 2.